The Balaban J connectivity index is 1.53. The first kappa shape index (κ1) is 24.3. The number of benzene rings is 2. The summed E-state index contributed by atoms with van der Waals surface area (Å²) in [4.78, 5) is 22.9. The van der Waals surface area contributed by atoms with E-state index in [9.17, 15) is 9.18 Å². The predicted molar refractivity (Wildman–Crippen MR) is 141 cm³/mol. The number of allylic oxidation sites excluding steroid dienone is 3. The van der Waals surface area contributed by atoms with Crippen LogP contribution in [0.25, 0.3) is 16.9 Å². The van der Waals surface area contributed by atoms with Gasteiger partial charge in [0.15, 0.2) is 5.65 Å². The molecular formula is C28H28FN5O3. The van der Waals surface area contributed by atoms with E-state index in [1.165, 1.54) is 6.07 Å². The Kier molecular flexibility index (Phi) is 7.02. The summed E-state index contributed by atoms with van der Waals surface area (Å²) in [6.07, 6.45) is 8.04. The van der Waals surface area contributed by atoms with Crippen LogP contribution in [0.5, 0.6) is 5.75 Å². The van der Waals surface area contributed by atoms with Crippen LogP contribution >= 0.6 is 0 Å². The van der Waals surface area contributed by atoms with Gasteiger partial charge in [-0.1, -0.05) is 30.3 Å². The standard InChI is InChI=1S/C28H28FN5O3/c1-36-22-11-7-10-21(16-22)34-26-24(33(28(34)35)18-20-9-4-6-13-25(20)37-2)17-31-27(32-26)30-15-14-19-8-3-5-12-23(19)29/h3,5,7-13,16-17H,4,6,14-15,18H2,1-2H3,(H,30,31,32). The summed E-state index contributed by atoms with van der Waals surface area (Å²) in [5.41, 5.74) is 2.98. The topological polar surface area (TPSA) is 83.2 Å². The number of fused-ring (bicyclic) bond motifs is 1. The van der Waals surface area contributed by atoms with Gasteiger partial charge in [0.25, 0.3) is 0 Å². The van der Waals surface area contributed by atoms with Crippen LogP contribution in [0, 0.1) is 5.82 Å². The minimum Gasteiger partial charge on any atom is -0.497 e. The highest BCUT2D eigenvalue weighted by molar-refractivity contribution is 5.74. The number of nitrogens with one attached hydrogen (secondary N) is 1. The third kappa shape index (κ3) is 4.97. The van der Waals surface area contributed by atoms with Gasteiger partial charge in [-0.25, -0.2) is 18.7 Å². The maximum atomic E-state index is 14.0. The fourth-order valence-electron chi connectivity index (χ4n) is 4.50. The van der Waals surface area contributed by atoms with Gasteiger partial charge in [0.05, 0.1) is 32.6 Å². The van der Waals surface area contributed by atoms with Crippen LogP contribution in [0.4, 0.5) is 10.3 Å². The maximum Gasteiger partial charge on any atom is 0.335 e. The Morgan fingerprint density at radius 3 is 2.70 bits per heavy atom. The lowest BCUT2D eigenvalue weighted by Crippen LogP contribution is -2.24. The monoisotopic (exact) mass is 501 g/mol. The number of hydrogen-bond donors (Lipinski definition) is 1. The number of halogens is 1. The van der Waals surface area contributed by atoms with Gasteiger partial charge in [-0.2, -0.15) is 4.98 Å². The average molecular weight is 502 g/mol. The van der Waals surface area contributed by atoms with Gasteiger partial charge in [0.1, 0.15) is 22.8 Å². The van der Waals surface area contributed by atoms with Crippen molar-refractivity contribution in [1.29, 1.82) is 0 Å². The van der Waals surface area contributed by atoms with Gasteiger partial charge in [-0.3, -0.25) is 4.57 Å². The molecule has 0 amide bonds. The van der Waals surface area contributed by atoms with E-state index in [0.29, 0.717) is 53.6 Å². The molecule has 0 atom stereocenters. The molecule has 8 nitrogen and oxygen atoms in total. The van der Waals surface area contributed by atoms with E-state index in [0.717, 1.165) is 24.2 Å². The molecule has 0 saturated carbocycles. The van der Waals surface area contributed by atoms with E-state index >= 15 is 0 Å². The lowest BCUT2D eigenvalue weighted by Gasteiger charge is -2.15. The first-order chi connectivity index (χ1) is 18.1. The summed E-state index contributed by atoms with van der Waals surface area (Å²) in [5, 5.41) is 3.16. The minimum atomic E-state index is -0.247. The van der Waals surface area contributed by atoms with Crippen molar-refractivity contribution in [2.45, 2.75) is 25.8 Å². The number of ether oxygens (including phenoxy) is 2. The number of hydrogen-bond acceptors (Lipinski definition) is 6. The molecule has 2 heterocycles. The molecule has 1 aliphatic rings. The van der Waals surface area contributed by atoms with Crippen molar-refractivity contribution in [1.82, 2.24) is 19.1 Å². The quantitative estimate of drug-likeness (QED) is 0.360. The molecule has 0 bridgehead atoms. The zero-order valence-electron chi connectivity index (χ0n) is 20.8. The van der Waals surface area contributed by atoms with Crippen molar-refractivity contribution in [2.24, 2.45) is 0 Å². The van der Waals surface area contributed by atoms with Gasteiger partial charge in [-0.15, -0.1) is 0 Å². The molecule has 190 valence electrons. The average Bonchev–Trinajstić information content (AvgIpc) is 3.20. The van der Waals surface area contributed by atoms with Crippen LogP contribution in [-0.2, 0) is 17.7 Å². The number of anilines is 1. The lowest BCUT2D eigenvalue weighted by atomic mass is 10.1. The summed E-state index contributed by atoms with van der Waals surface area (Å²) >= 11 is 0. The molecule has 0 spiro atoms. The molecule has 2 aromatic heterocycles. The summed E-state index contributed by atoms with van der Waals surface area (Å²) in [6, 6.07) is 13.9. The Morgan fingerprint density at radius 1 is 1.05 bits per heavy atom. The third-order valence-corrected chi connectivity index (χ3v) is 6.37. The molecule has 4 aromatic rings. The highest BCUT2D eigenvalue weighted by Crippen LogP contribution is 2.24. The summed E-state index contributed by atoms with van der Waals surface area (Å²) in [6.45, 7) is 0.765. The van der Waals surface area contributed by atoms with Crippen molar-refractivity contribution < 1.29 is 13.9 Å². The molecular weight excluding hydrogens is 473 g/mol. The van der Waals surface area contributed by atoms with Crippen molar-refractivity contribution in [3.8, 4) is 11.4 Å². The molecule has 9 heteroatoms. The van der Waals surface area contributed by atoms with Gasteiger partial charge < -0.3 is 14.8 Å². The number of imidazole rings is 1. The largest absolute Gasteiger partial charge is 0.497 e. The number of aromatic nitrogens is 4. The first-order valence-electron chi connectivity index (χ1n) is 12.1. The van der Waals surface area contributed by atoms with Gasteiger partial charge in [0.2, 0.25) is 5.95 Å². The Labute approximate surface area is 213 Å². The van der Waals surface area contributed by atoms with Crippen molar-refractivity contribution in [3.05, 3.63) is 100 Å². The Bertz CT molecular complexity index is 1550. The second-order valence-electron chi connectivity index (χ2n) is 8.66. The molecule has 1 aliphatic carbocycles. The number of methoxy groups -OCH3 is 2. The summed E-state index contributed by atoms with van der Waals surface area (Å²) in [7, 11) is 3.22. The molecule has 1 N–H and O–H groups in total. The van der Waals surface area contributed by atoms with E-state index < -0.39 is 0 Å². The van der Waals surface area contributed by atoms with E-state index in [-0.39, 0.29) is 11.5 Å². The van der Waals surface area contributed by atoms with Crippen LogP contribution in [0.15, 0.2) is 83.0 Å². The normalized spacial score (nSPS) is 13.3. The number of nitrogens with zero attached hydrogens (tertiary/aromatic N) is 4. The molecule has 5 rings (SSSR count). The molecule has 37 heavy (non-hydrogen) atoms. The molecule has 0 fully saturated rings. The highest BCUT2D eigenvalue weighted by Gasteiger charge is 2.20. The van der Waals surface area contributed by atoms with Crippen molar-refractivity contribution >= 4 is 17.1 Å². The summed E-state index contributed by atoms with van der Waals surface area (Å²) < 4.78 is 28.1. The molecule has 0 radical (unpaired) electrons. The third-order valence-electron chi connectivity index (χ3n) is 6.37. The Hall–Kier alpha value is -4.40. The van der Waals surface area contributed by atoms with E-state index in [4.69, 9.17) is 14.5 Å². The smallest absolute Gasteiger partial charge is 0.335 e. The molecule has 0 saturated heterocycles. The van der Waals surface area contributed by atoms with E-state index in [1.807, 2.05) is 30.3 Å². The van der Waals surface area contributed by atoms with Gasteiger partial charge in [-0.05, 0) is 49.1 Å². The second-order valence-corrected chi connectivity index (χ2v) is 8.66. The van der Waals surface area contributed by atoms with Crippen LogP contribution in [0.3, 0.4) is 0 Å². The fraction of sp³-hybridized carbons (Fsp3) is 0.250. The number of rotatable bonds is 9. The minimum absolute atomic E-state index is 0.244. The van der Waals surface area contributed by atoms with Gasteiger partial charge >= 0.3 is 5.69 Å². The van der Waals surface area contributed by atoms with E-state index in [1.54, 1.807) is 47.7 Å². The first-order valence-corrected chi connectivity index (χ1v) is 12.1. The zero-order valence-corrected chi connectivity index (χ0v) is 20.8. The lowest BCUT2D eigenvalue weighted by molar-refractivity contribution is 0.293. The maximum absolute atomic E-state index is 14.0. The van der Waals surface area contributed by atoms with Gasteiger partial charge in [0, 0.05) is 18.2 Å². The van der Waals surface area contributed by atoms with E-state index in [2.05, 4.69) is 16.4 Å². The summed E-state index contributed by atoms with van der Waals surface area (Å²) in [5.74, 6) is 1.51. The SMILES string of the molecule is COC1=CCCC=C1Cn1c(=O)n(-c2cccc(OC)c2)c2nc(NCCc3ccccc3F)ncc21. The highest BCUT2D eigenvalue weighted by atomic mass is 19.1. The second kappa shape index (κ2) is 10.7. The fourth-order valence-corrected chi connectivity index (χ4v) is 4.50. The van der Waals surface area contributed by atoms with Crippen LogP contribution in [-0.4, -0.2) is 39.9 Å². The molecule has 2 aromatic carbocycles. The van der Waals surface area contributed by atoms with Crippen molar-refractivity contribution in [2.75, 3.05) is 26.1 Å². The van der Waals surface area contributed by atoms with Crippen LogP contribution in [0.2, 0.25) is 0 Å². The molecule has 0 unspecified atom stereocenters. The van der Waals surface area contributed by atoms with Crippen molar-refractivity contribution in [3.63, 3.8) is 0 Å². The van der Waals surface area contributed by atoms with Crippen LogP contribution < -0.4 is 15.7 Å². The zero-order chi connectivity index (χ0) is 25.8. The predicted octanol–water partition coefficient (Wildman–Crippen LogP) is 4.64. The Morgan fingerprint density at radius 2 is 1.89 bits per heavy atom. The van der Waals surface area contributed by atoms with Crippen LogP contribution in [0.1, 0.15) is 18.4 Å². The molecule has 0 aliphatic heterocycles.